The summed E-state index contributed by atoms with van der Waals surface area (Å²) in [4.78, 5) is 309. The molecule has 3 saturated heterocycles. The molecular formula is C92H128N22O25. The number of fused-ring (bicyclic) bond motifs is 4. The molecule has 756 valence electrons. The summed E-state index contributed by atoms with van der Waals surface area (Å²) in [5.74, 6) is -23.8. The number of nitrogens with zero attached hydrogens (tertiary/aromatic N) is 6. The van der Waals surface area contributed by atoms with Crippen molar-refractivity contribution in [2.24, 2.45) is 28.9 Å². The number of carbonyl (C=O) groups excluding carboxylic acids is 19. The van der Waals surface area contributed by atoms with Gasteiger partial charge in [0.2, 0.25) is 112 Å². The molecule has 3 aliphatic rings. The van der Waals surface area contributed by atoms with Crippen molar-refractivity contribution in [2.45, 2.75) is 254 Å². The van der Waals surface area contributed by atoms with Crippen molar-refractivity contribution in [1.82, 2.24) is 92.5 Å². The van der Waals surface area contributed by atoms with Crippen molar-refractivity contribution >= 4 is 146 Å². The molecule has 15 atom stereocenters. The molecule has 47 nitrogen and oxygen atoms in total. The van der Waals surface area contributed by atoms with Crippen molar-refractivity contribution < 1.29 is 121 Å². The maximum atomic E-state index is 16.0. The first-order valence-corrected chi connectivity index (χ1v) is 46.1. The second-order valence-corrected chi connectivity index (χ2v) is 35.6. The first-order valence-electron chi connectivity index (χ1n) is 46.1. The third kappa shape index (κ3) is 31.2. The molecule has 0 saturated carbocycles. The van der Waals surface area contributed by atoms with Crippen LogP contribution in [0.25, 0.3) is 21.8 Å². The Bertz CT molecular complexity index is 5350. The van der Waals surface area contributed by atoms with Crippen molar-refractivity contribution in [3.63, 3.8) is 0 Å². The lowest BCUT2D eigenvalue weighted by atomic mass is 9.99. The average molecular weight is 1940 g/mol. The quantitative estimate of drug-likeness (QED) is 0.0214. The van der Waals surface area contributed by atoms with E-state index in [0.29, 0.717) is 45.8 Å². The number of nitrogens with two attached hydrogens (primary N) is 4. The van der Waals surface area contributed by atoms with Crippen molar-refractivity contribution in [3.05, 3.63) is 102 Å². The molecule has 0 radical (unpaired) electrons. The van der Waals surface area contributed by atoms with Gasteiger partial charge in [-0.15, -0.1) is 0 Å². The number of aromatic amines is 1. The van der Waals surface area contributed by atoms with Crippen LogP contribution in [0.4, 0.5) is 0 Å². The molecule has 139 heavy (non-hydrogen) atoms. The number of carbonyl (C=O) groups is 21. The van der Waals surface area contributed by atoms with Crippen molar-refractivity contribution in [3.8, 4) is 5.75 Å². The maximum absolute atomic E-state index is 16.0. The van der Waals surface area contributed by atoms with Crippen LogP contribution < -0.4 is 81.4 Å². The predicted molar refractivity (Wildman–Crippen MR) is 497 cm³/mol. The minimum Gasteiger partial charge on any atom is -0.508 e. The van der Waals surface area contributed by atoms with Gasteiger partial charge >= 0.3 is 11.9 Å². The molecule has 2 aromatic heterocycles. The lowest BCUT2D eigenvalue weighted by Gasteiger charge is -2.36. The number of rotatable bonds is 29. The number of aliphatic carboxylic acids is 2. The standard InChI is InChI=1S/C92H128N22O25/c1-9-11-21-68-85(132)104-60(34-48(3)4)82(129)108-66(80(127)99-43-75(96)120)42-97-44-76(121)100-63(35-50-25-27-53(115)28-26-50)88(135)109(6)49(5)79(126)106-65(40-74(95)119)91(138)113-33-17-24-69(113)86(133)101-58(29-31-72(93)117)81(128)102-59(30-32-77(122)123)90(137)114-46-54(116)38-71(114)87(134)105-61(36-51-41-98-57-20-15-13-18-55(51)57)83(130)103-62(39-73(94)118)84(131)107-64(89(136)111(8)70(22-12-10-2)92(139)110(68)7)37-52-45-112(47-78(124)125)67-23-16-14-19-56(52)67/h13-16,18-20,23,25-28,41,45,48-49,54,58-66,68-71,97-98,115-116H,9-12,17,21-22,24,29-40,42-44,46-47H2,1-8H3,(H2,93,117)(H2,94,118)(H2,95,119)(H2,96,120)(H,99,127)(H,100,121)(H,101,133)(H,102,128)(H,103,130)(H,104,132)(H,105,134)(H,106,126)(H,107,131)(H,108,129)(H,122,123)(H,124,125)/t49-,54+,58-,59-,60-,61-,62-,63-,64-,65-,66-,68-,69-,70-,71-/m0/s1. The zero-order valence-electron chi connectivity index (χ0n) is 78.9. The van der Waals surface area contributed by atoms with E-state index in [4.69, 9.17) is 22.9 Å². The summed E-state index contributed by atoms with van der Waals surface area (Å²) in [5.41, 5.74) is 24.4. The molecule has 3 fully saturated rings. The molecule has 0 unspecified atom stereocenters. The number of aromatic hydroxyl groups is 1. The number of unbranched alkanes of at least 4 members (excludes halogenated alkanes) is 2. The van der Waals surface area contributed by atoms with Gasteiger partial charge in [-0.3, -0.25) is 101 Å². The largest absolute Gasteiger partial charge is 0.508 e. The summed E-state index contributed by atoms with van der Waals surface area (Å²) < 4.78 is 1.37. The molecule has 8 rings (SSSR count). The van der Waals surface area contributed by atoms with Crippen LogP contribution in [0.3, 0.4) is 0 Å². The van der Waals surface area contributed by atoms with Gasteiger partial charge in [0.1, 0.15) is 96.9 Å². The number of hydrogen-bond acceptors (Lipinski definition) is 24. The minimum atomic E-state index is -2.06. The van der Waals surface area contributed by atoms with Gasteiger partial charge in [-0.25, -0.2) is 0 Å². The Morgan fingerprint density at radius 1 is 0.504 bits per heavy atom. The van der Waals surface area contributed by atoms with Gasteiger partial charge in [-0.2, -0.15) is 0 Å². The number of benzene rings is 3. The molecule has 3 aromatic carbocycles. The van der Waals surface area contributed by atoms with E-state index in [1.165, 1.54) is 62.2 Å². The highest BCUT2D eigenvalue weighted by Crippen LogP contribution is 2.29. The summed E-state index contributed by atoms with van der Waals surface area (Å²) in [5, 5.41) is 70.7. The van der Waals surface area contributed by atoms with Gasteiger partial charge < -0.3 is 136 Å². The fraction of sp³-hybridized carbons (Fsp3) is 0.533. The number of hydrogen-bond donors (Lipinski definition) is 20. The zero-order chi connectivity index (χ0) is 103. The number of carboxylic acids is 2. The number of likely N-dealkylation sites (N-methyl/N-ethyl adjacent to an activating group) is 3. The fourth-order valence-electron chi connectivity index (χ4n) is 17.0. The van der Waals surface area contributed by atoms with Crippen LogP contribution in [-0.4, -0.2) is 323 Å². The SMILES string of the molecule is CCCC[C@H]1C(=O)N(C)[C@@H](CCCC)C(=O)N[C@@H](CC(C)C)C(=O)N[C@H](C(=O)NCC(N)=O)CNCC(=O)N[C@@H](Cc2ccc(O)cc2)C(=O)N(C)[C@@H](C)C(=O)N[C@@H](CC(N)=O)C(=O)N2CCC[C@H]2C(=O)N[C@@H](CCC(N)=O)C(=O)N[C@@H](CCC(=O)O)C(=O)N2C[C@H](O)C[C@H]2C(=O)N[C@@H](Cc2c[nH]c3ccccc23)C(=O)N[C@@H](CC(N)=O)C(=O)N[C@@H](Cc2cn(CC(=O)O)c3ccccc23)C(=O)N1C. The summed E-state index contributed by atoms with van der Waals surface area (Å²) in [6.45, 7) is 4.63. The second kappa shape index (κ2) is 51.5. The Morgan fingerprint density at radius 3 is 1.68 bits per heavy atom. The van der Waals surface area contributed by atoms with Gasteiger partial charge in [-0.05, 0) is 98.7 Å². The van der Waals surface area contributed by atoms with Crippen LogP contribution in [-0.2, 0) is 126 Å². The Balaban J connectivity index is 1.23. The highest BCUT2D eigenvalue weighted by molar-refractivity contribution is 6.03. The van der Waals surface area contributed by atoms with Crippen LogP contribution in [0.1, 0.15) is 154 Å². The van der Waals surface area contributed by atoms with Gasteiger partial charge in [0.05, 0.1) is 32.0 Å². The third-order valence-corrected chi connectivity index (χ3v) is 24.5. The molecule has 24 N–H and O–H groups in total. The summed E-state index contributed by atoms with van der Waals surface area (Å²) in [6.07, 6.45) is -4.24. The van der Waals surface area contributed by atoms with Gasteiger partial charge in [0, 0.05) is 114 Å². The number of aliphatic hydroxyl groups excluding tert-OH is 1. The topological polar surface area (TPSA) is 713 Å². The molecule has 0 aliphatic carbocycles. The molecule has 5 heterocycles. The monoisotopic (exact) mass is 1940 g/mol. The first kappa shape index (κ1) is 110. The fourth-order valence-corrected chi connectivity index (χ4v) is 17.0. The zero-order valence-corrected chi connectivity index (χ0v) is 78.9. The number of para-hydroxylation sites is 2. The number of H-pyrrole nitrogens is 1. The lowest BCUT2D eigenvalue weighted by Crippen LogP contribution is -2.61. The van der Waals surface area contributed by atoms with E-state index in [1.54, 1.807) is 76.2 Å². The number of primary amides is 4. The molecule has 0 spiro atoms. The van der Waals surface area contributed by atoms with Crippen LogP contribution in [0.5, 0.6) is 5.75 Å². The summed E-state index contributed by atoms with van der Waals surface area (Å²) in [6, 6.07) is -5.46. The predicted octanol–water partition coefficient (Wildman–Crippen LogP) is -4.73. The number of phenolic OH excluding ortho intramolecular Hbond substituents is 1. The van der Waals surface area contributed by atoms with E-state index in [0.717, 1.165) is 31.5 Å². The third-order valence-electron chi connectivity index (χ3n) is 24.5. The lowest BCUT2D eigenvalue weighted by molar-refractivity contribution is -0.149. The van der Waals surface area contributed by atoms with Crippen molar-refractivity contribution in [2.75, 3.05) is 53.9 Å². The smallest absolute Gasteiger partial charge is 0.323 e. The van der Waals surface area contributed by atoms with E-state index in [9.17, 15) is 87.5 Å². The molecule has 19 amide bonds. The van der Waals surface area contributed by atoms with Gasteiger partial charge in [-0.1, -0.05) is 102 Å². The van der Waals surface area contributed by atoms with Gasteiger partial charge in [0.15, 0.2) is 0 Å². The first-order chi connectivity index (χ1) is 65.8. The van der Waals surface area contributed by atoms with E-state index >= 15 is 33.6 Å². The van der Waals surface area contributed by atoms with Crippen LogP contribution >= 0.6 is 0 Å². The molecule has 5 aromatic rings. The molecule has 0 bridgehead atoms. The summed E-state index contributed by atoms with van der Waals surface area (Å²) >= 11 is 0. The number of aliphatic hydroxyl groups is 1. The van der Waals surface area contributed by atoms with Crippen LogP contribution in [0.2, 0.25) is 0 Å². The number of aromatic nitrogens is 2. The van der Waals surface area contributed by atoms with E-state index in [-0.39, 0.29) is 69.2 Å². The van der Waals surface area contributed by atoms with E-state index < -0.39 is 311 Å². The Labute approximate surface area is 800 Å². The van der Waals surface area contributed by atoms with E-state index in [2.05, 4.69) is 63.5 Å². The highest BCUT2D eigenvalue weighted by atomic mass is 16.4. The Morgan fingerprint density at radius 2 is 1.04 bits per heavy atom. The molecule has 3 aliphatic heterocycles. The molecular weight excluding hydrogens is 1810 g/mol. The van der Waals surface area contributed by atoms with Crippen LogP contribution in [0.15, 0.2) is 85.2 Å². The van der Waals surface area contributed by atoms with Gasteiger partial charge in [0.25, 0.3) is 0 Å². The number of amides is 19. The highest BCUT2D eigenvalue weighted by Gasteiger charge is 2.47. The number of carboxylic acid groups (broad SMARTS) is 2. The average Bonchev–Trinajstić information content (AvgIpc) is 1.60. The van der Waals surface area contributed by atoms with E-state index in [1.807, 2.05) is 0 Å². The summed E-state index contributed by atoms with van der Waals surface area (Å²) in [7, 11) is 3.72. The minimum absolute atomic E-state index is 0.0566. The van der Waals surface area contributed by atoms with Crippen molar-refractivity contribution in [1.29, 1.82) is 0 Å². The normalized spacial score (nSPS) is 24.3. The number of nitrogens with one attached hydrogen (secondary N) is 12. The Hall–Kier alpha value is -14.7. The number of phenols is 1. The Kier molecular flexibility index (Phi) is 40.6. The maximum Gasteiger partial charge on any atom is 0.323 e. The molecule has 47 heteroatoms. The van der Waals surface area contributed by atoms with Crippen LogP contribution in [0, 0.1) is 5.92 Å². The second-order valence-electron chi connectivity index (χ2n) is 35.6.